The van der Waals surface area contributed by atoms with Crippen LogP contribution in [0.5, 0.6) is 5.75 Å². The minimum atomic E-state index is -3.93. The van der Waals surface area contributed by atoms with Gasteiger partial charge in [0.2, 0.25) is 21.8 Å². The maximum absolute atomic E-state index is 13.1. The van der Waals surface area contributed by atoms with Crippen molar-refractivity contribution in [3.05, 3.63) is 17.2 Å². The van der Waals surface area contributed by atoms with Gasteiger partial charge >= 0.3 is 0 Å². The minimum Gasteiger partial charge on any atom is -0.482 e. The van der Waals surface area contributed by atoms with Crippen LogP contribution in [0.3, 0.4) is 0 Å². The Morgan fingerprint density at radius 2 is 1.90 bits per heavy atom. The number of hydrogen-bond donors (Lipinski definition) is 2. The number of rotatable bonds is 5. The molecule has 2 aliphatic heterocycles. The largest absolute Gasteiger partial charge is 0.482 e. The number of sulfonamides is 1. The molecule has 1 unspecified atom stereocenters. The zero-order valence-corrected chi connectivity index (χ0v) is 18.5. The molecule has 12 heteroatoms. The highest BCUT2D eigenvalue weighted by Crippen LogP contribution is 2.37. The smallest absolute Gasteiger partial charge is 0.262 e. The molecule has 2 heterocycles. The molecule has 0 aromatic heterocycles. The topological polar surface area (TPSA) is 125 Å². The number of halogens is 1. The van der Waals surface area contributed by atoms with Crippen LogP contribution in [0.25, 0.3) is 0 Å². The number of carbonyl (C=O) groups is 3. The van der Waals surface area contributed by atoms with E-state index in [-0.39, 0.29) is 72.1 Å². The van der Waals surface area contributed by atoms with Crippen molar-refractivity contribution in [2.24, 2.45) is 5.92 Å². The van der Waals surface area contributed by atoms with Gasteiger partial charge < -0.3 is 20.3 Å². The lowest BCUT2D eigenvalue weighted by Gasteiger charge is -2.35. The van der Waals surface area contributed by atoms with Gasteiger partial charge in [0.1, 0.15) is 16.7 Å². The van der Waals surface area contributed by atoms with Crippen molar-refractivity contribution >= 4 is 45.0 Å². The SMILES string of the molecule is CC(NC(=O)C1CC1)C(=O)N1CCN(S(=O)(=O)c2cc3c(cc2Cl)NC(=O)CO3)CC1. The summed E-state index contributed by atoms with van der Waals surface area (Å²) < 4.78 is 32.8. The Kier molecular flexibility index (Phi) is 5.84. The fraction of sp³-hybridized carbons (Fsp3) is 0.526. The molecule has 10 nitrogen and oxygen atoms in total. The highest BCUT2D eigenvalue weighted by atomic mass is 35.5. The zero-order valence-electron chi connectivity index (χ0n) is 16.9. The number of fused-ring (bicyclic) bond motifs is 1. The molecule has 1 saturated carbocycles. The van der Waals surface area contributed by atoms with Crippen LogP contribution >= 0.6 is 11.6 Å². The molecule has 168 valence electrons. The first-order chi connectivity index (χ1) is 14.7. The Labute approximate surface area is 184 Å². The average Bonchev–Trinajstić information content (AvgIpc) is 3.58. The Morgan fingerprint density at radius 3 is 2.55 bits per heavy atom. The van der Waals surface area contributed by atoms with Gasteiger partial charge in [-0.05, 0) is 25.8 Å². The number of carbonyl (C=O) groups excluding carboxylic acids is 3. The molecule has 3 aliphatic rings. The van der Waals surface area contributed by atoms with Crippen molar-refractivity contribution in [2.75, 3.05) is 38.1 Å². The third kappa shape index (κ3) is 4.48. The maximum atomic E-state index is 13.1. The average molecular weight is 471 g/mol. The predicted molar refractivity (Wildman–Crippen MR) is 111 cm³/mol. The zero-order chi connectivity index (χ0) is 22.3. The second kappa shape index (κ2) is 8.29. The van der Waals surface area contributed by atoms with E-state index in [1.165, 1.54) is 16.4 Å². The van der Waals surface area contributed by atoms with Gasteiger partial charge in [0.15, 0.2) is 6.61 Å². The van der Waals surface area contributed by atoms with Gasteiger partial charge in [-0.25, -0.2) is 8.42 Å². The summed E-state index contributed by atoms with van der Waals surface area (Å²) in [5.74, 6) is -0.445. The van der Waals surface area contributed by atoms with Crippen molar-refractivity contribution in [3.63, 3.8) is 0 Å². The predicted octanol–water partition coefficient (Wildman–Crippen LogP) is 0.419. The Morgan fingerprint density at radius 1 is 1.23 bits per heavy atom. The number of nitrogens with one attached hydrogen (secondary N) is 2. The number of piperazine rings is 1. The first-order valence-electron chi connectivity index (χ1n) is 10.0. The molecule has 3 amide bonds. The Bertz CT molecular complexity index is 1030. The van der Waals surface area contributed by atoms with Crippen LogP contribution < -0.4 is 15.4 Å². The molecule has 0 bridgehead atoms. The molecule has 4 rings (SSSR count). The van der Waals surface area contributed by atoms with Gasteiger partial charge in [0, 0.05) is 38.2 Å². The lowest BCUT2D eigenvalue weighted by Crippen LogP contribution is -2.55. The molecule has 1 aromatic carbocycles. The van der Waals surface area contributed by atoms with Gasteiger partial charge in [-0.1, -0.05) is 11.6 Å². The van der Waals surface area contributed by atoms with Gasteiger partial charge in [0.25, 0.3) is 5.91 Å². The lowest BCUT2D eigenvalue weighted by atomic mass is 10.2. The van der Waals surface area contributed by atoms with E-state index in [0.29, 0.717) is 5.69 Å². The molecule has 0 spiro atoms. The van der Waals surface area contributed by atoms with E-state index >= 15 is 0 Å². The third-order valence-corrected chi connectivity index (χ3v) is 7.88. The first kappa shape index (κ1) is 21.8. The van der Waals surface area contributed by atoms with Crippen LogP contribution in [-0.2, 0) is 24.4 Å². The van der Waals surface area contributed by atoms with Gasteiger partial charge in [-0.15, -0.1) is 0 Å². The molecule has 1 aromatic rings. The van der Waals surface area contributed by atoms with Crippen LogP contribution in [0.2, 0.25) is 5.02 Å². The summed E-state index contributed by atoms with van der Waals surface area (Å²) in [4.78, 5) is 37.4. The summed E-state index contributed by atoms with van der Waals surface area (Å²) >= 11 is 6.19. The molecule has 2 N–H and O–H groups in total. The van der Waals surface area contributed by atoms with E-state index in [2.05, 4.69) is 10.6 Å². The van der Waals surface area contributed by atoms with Gasteiger partial charge in [-0.3, -0.25) is 14.4 Å². The van der Waals surface area contributed by atoms with Crippen LogP contribution in [0.1, 0.15) is 19.8 Å². The normalized spacial score (nSPS) is 20.3. The second-order valence-electron chi connectivity index (χ2n) is 7.85. The van der Waals surface area contributed by atoms with E-state index < -0.39 is 16.1 Å². The summed E-state index contributed by atoms with van der Waals surface area (Å²) in [7, 11) is -3.93. The standard InChI is InChI=1S/C19H23ClN4O6S/c1-11(21-18(26)12-2-3-12)19(27)23-4-6-24(7-5-23)31(28,29)16-9-15-14(8-13(16)20)22-17(25)10-30-15/h8-9,11-12H,2-7,10H2,1H3,(H,21,26)(H,22,25). The number of anilines is 1. The molecule has 0 radical (unpaired) electrons. The third-order valence-electron chi connectivity index (χ3n) is 5.51. The number of amides is 3. The fourth-order valence-corrected chi connectivity index (χ4v) is 5.52. The maximum Gasteiger partial charge on any atom is 0.262 e. The summed E-state index contributed by atoms with van der Waals surface area (Å²) in [6.07, 6.45) is 1.71. The van der Waals surface area contributed by atoms with Crippen molar-refractivity contribution in [1.82, 2.24) is 14.5 Å². The highest BCUT2D eigenvalue weighted by Gasteiger charge is 2.35. The van der Waals surface area contributed by atoms with Crippen LogP contribution in [0.4, 0.5) is 5.69 Å². The van der Waals surface area contributed by atoms with Crippen LogP contribution in [0.15, 0.2) is 17.0 Å². The van der Waals surface area contributed by atoms with E-state index in [4.69, 9.17) is 16.3 Å². The molecular formula is C19H23ClN4O6S. The first-order valence-corrected chi connectivity index (χ1v) is 11.8. The lowest BCUT2D eigenvalue weighted by molar-refractivity contribution is -0.137. The van der Waals surface area contributed by atoms with Gasteiger partial charge in [0.05, 0.1) is 10.7 Å². The number of benzene rings is 1. The number of nitrogens with zero attached hydrogens (tertiary/aromatic N) is 2. The monoisotopic (exact) mass is 470 g/mol. The minimum absolute atomic E-state index is 0.0101. The molecule has 1 saturated heterocycles. The highest BCUT2D eigenvalue weighted by molar-refractivity contribution is 7.89. The fourth-order valence-electron chi connectivity index (χ4n) is 3.58. The van der Waals surface area contributed by atoms with E-state index in [0.717, 1.165) is 12.8 Å². The quantitative estimate of drug-likeness (QED) is 0.642. The van der Waals surface area contributed by atoms with Crippen LogP contribution in [-0.4, -0.2) is 74.2 Å². The molecule has 1 aliphatic carbocycles. The van der Waals surface area contributed by atoms with Crippen molar-refractivity contribution in [3.8, 4) is 5.75 Å². The van der Waals surface area contributed by atoms with Crippen molar-refractivity contribution in [1.29, 1.82) is 0 Å². The summed E-state index contributed by atoms with van der Waals surface area (Å²) in [6.45, 7) is 2.04. The van der Waals surface area contributed by atoms with E-state index in [1.54, 1.807) is 11.8 Å². The van der Waals surface area contributed by atoms with E-state index in [1.807, 2.05) is 0 Å². The summed E-state index contributed by atoms with van der Waals surface area (Å²) in [5, 5.41) is 5.28. The molecular weight excluding hydrogens is 448 g/mol. The summed E-state index contributed by atoms with van der Waals surface area (Å²) in [5.41, 5.74) is 0.317. The van der Waals surface area contributed by atoms with Crippen LogP contribution in [0, 0.1) is 5.92 Å². The van der Waals surface area contributed by atoms with E-state index in [9.17, 15) is 22.8 Å². The van der Waals surface area contributed by atoms with Crippen molar-refractivity contribution in [2.45, 2.75) is 30.7 Å². The summed E-state index contributed by atoms with van der Waals surface area (Å²) in [6, 6.07) is 2.00. The van der Waals surface area contributed by atoms with Crippen molar-refractivity contribution < 1.29 is 27.5 Å². The Hall–Kier alpha value is -2.37. The molecule has 31 heavy (non-hydrogen) atoms. The number of hydrogen-bond acceptors (Lipinski definition) is 6. The Balaban J connectivity index is 1.41. The second-order valence-corrected chi connectivity index (χ2v) is 10.2. The molecule has 1 atom stereocenters. The van der Waals surface area contributed by atoms with Gasteiger partial charge in [-0.2, -0.15) is 4.31 Å². The molecule has 2 fully saturated rings. The number of ether oxygens (including phenoxy) is 1.